The first-order valence-corrected chi connectivity index (χ1v) is 8.75. The number of rotatable bonds is 2. The summed E-state index contributed by atoms with van der Waals surface area (Å²) in [5.74, 6) is 0. The van der Waals surface area contributed by atoms with Crippen molar-refractivity contribution in [2.75, 3.05) is 0 Å². The van der Waals surface area contributed by atoms with E-state index in [-0.39, 0.29) is 5.56 Å². The SMILES string of the molecule is Cc1c(-c2ccccc2)n(-c2ccc(C(F)(F)F)cc2)c(=O)c2ccccc12. The molecule has 1 heterocycles. The summed E-state index contributed by atoms with van der Waals surface area (Å²) < 4.78 is 40.3. The maximum atomic E-state index is 13.3. The van der Waals surface area contributed by atoms with E-state index in [0.717, 1.165) is 28.6 Å². The normalized spacial score (nSPS) is 11.7. The first-order valence-electron chi connectivity index (χ1n) is 8.75. The Labute approximate surface area is 159 Å². The zero-order valence-electron chi connectivity index (χ0n) is 15.0. The van der Waals surface area contributed by atoms with Crippen molar-refractivity contribution < 1.29 is 13.2 Å². The molecule has 0 aliphatic heterocycles. The molecule has 4 rings (SSSR count). The van der Waals surface area contributed by atoms with Crippen molar-refractivity contribution in [1.29, 1.82) is 0 Å². The Balaban J connectivity index is 2.07. The average Bonchev–Trinajstić information content (AvgIpc) is 2.70. The Kier molecular flexibility index (Phi) is 4.30. The quantitative estimate of drug-likeness (QED) is 0.420. The summed E-state index contributed by atoms with van der Waals surface area (Å²) in [6, 6.07) is 21.3. The molecule has 2 nitrogen and oxygen atoms in total. The third-order valence-electron chi connectivity index (χ3n) is 4.84. The van der Waals surface area contributed by atoms with Crippen LogP contribution < -0.4 is 5.56 Å². The van der Waals surface area contributed by atoms with Crippen LogP contribution in [0.4, 0.5) is 13.2 Å². The Hall–Kier alpha value is -3.34. The zero-order valence-corrected chi connectivity index (χ0v) is 15.0. The summed E-state index contributed by atoms with van der Waals surface area (Å²) in [5, 5.41) is 1.36. The minimum atomic E-state index is -4.43. The fourth-order valence-electron chi connectivity index (χ4n) is 3.50. The predicted octanol–water partition coefficient (Wildman–Crippen LogP) is 5.98. The number of aromatic nitrogens is 1. The summed E-state index contributed by atoms with van der Waals surface area (Å²) >= 11 is 0. The minimum Gasteiger partial charge on any atom is -0.276 e. The Morgan fingerprint density at radius 1 is 0.750 bits per heavy atom. The lowest BCUT2D eigenvalue weighted by molar-refractivity contribution is -0.137. The van der Waals surface area contributed by atoms with Gasteiger partial charge in [-0.2, -0.15) is 13.2 Å². The number of halogens is 3. The molecule has 0 N–H and O–H groups in total. The molecule has 140 valence electrons. The van der Waals surface area contributed by atoms with Crippen LogP contribution >= 0.6 is 0 Å². The van der Waals surface area contributed by atoms with Crippen molar-refractivity contribution in [2.45, 2.75) is 13.1 Å². The van der Waals surface area contributed by atoms with Crippen molar-refractivity contribution in [3.05, 3.63) is 100 Å². The Morgan fingerprint density at radius 3 is 1.93 bits per heavy atom. The molecule has 0 unspecified atom stereocenters. The van der Waals surface area contributed by atoms with Gasteiger partial charge in [0.05, 0.1) is 11.3 Å². The van der Waals surface area contributed by atoms with E-state index in [2.05, 4.69) is 0 Å². The molecule has 0 aliphatic carbocycles. The number of hydrogen-bond acceptors (Lipinski definition) is 1. The molecule has 0 fully saturated rings. The summed E-state index contributed by atoms with van der Waals surface area (Å²) in [6.07, 6.45) is -4.43. The van der Waals surface area contributed by atoms with Crippen molar-refractivity contribution in [3.8, 4) is 16.9 Å². The van der Waals surface area contributed by atoms with E-state index in [4.69, 9.17) is 0 Å². The molecule has 0 spiro atoms. The average molecular weight is 379 g/mol. The molecule has 0 saturated heterocycles. The third kappa shape index (κ3) is 2.99. The van der Waals surface area contributed by atoms with E-state index in [1.54, 1.807) is 12.1 Å². The lowest BCUT2D eigenvalue weighted by Crippen LogP contribution is -2.22. The minimum absolute atomic E-state index is 0.264. The number of pyridine rings is 1. The highest BCUT2D eigenvalue weighted by atomic mass is 19.4. The molecular formula is C23H16F3NO. The lowest BCUT2D eigenvalue weighted by Gasteiger charge is -2.19. The molecule has 4 aromatic rings. The highest BCUT2D eigenvalue weighted by Crippen LogP contribution is 2.32. The van der Waals surface area contributed by atoms with Crippen LogP contribution in [-0.2, 0) is 6.18 Å². The standard InChI is InChI=1S/C23H16F3NO/c1-15-19-9-5-6-10-20(19)22(28)27(21(15)16-7-3-2-4-8-16)18-13-11-17(12-14-18)23(24,25)26/h2-14H,1H3. The van der Waals surface area contributed by atoms with E-state index in [1.165, 1.54) is 16.7 Å². The van der Waals surface area contributed by atoms with Crippen LogP contribution in [0.1, 0.15) is 11.1 Å². The molecule has 5 heteroatoms. The van der Waals surface area contributed by atoms with Gasteiger partial charge < -0.3 is 0 Å². The van der Waals surface area contributed by atoms with Crippen LogP contribution in [-0.4, -0.2) is 4.57 Å². The van der Waals surface area contributed by atoms with Gasteiger partial charge in [0.15, 0.2) is 0 Å². The van der Waals surface area contributed by atoms with Crippen LogP contribution in [0.25, 0.3) is 27.7 Å². The van der Waals surface area contributed by atoms with E-state index in [1.807, 2.05) is 49.4 Å². The number of nitrogens with zero attached hydrogens (tertiary/aromatic N) is 1. The van der Waals surface area contributed by atoms with Gasteiger partial charge in [-0.25, -0.2) is 0 Å². The highest BCUT2D eigenvalue weighted by Gasteiger charge is 2.30. The van der Waals surface area contributed by atoms with Crippen LogP contribution in [0.3, 0.4) is 0 Å². The summed E-state index contributed by atoms with van der Waals surface area (Å²) in [7, 11) is 0. The fraction of sp³-hybridized carbons (Fsp3) is 0.0870. The molecule has 0 saturated carbocycles. The van der Waals surface area contributed by atoms with Gasteiger partial charge in [0, 0.05) is 11.1 Å². The van der Waals surface area contributed by atoms with E-state index < -0.39 is 11.7 Å². The lowest BCUT2D eigenvalue weighted by atomic mass is 9.99. The smallest absolute Gasteiger partial charge is 0.276 e. The topological polar surface area (TPSA) is 22.0 Å². The van der Waals surface area contributed by atoms with Gasteiger partial charge in [-0.05, 0) is 53.8 Å². The summed E-state index contributed by atoms with van der Waals surface area (Å²) in [5.41, 5.74) is 1.77. The number of hydrogen-bond donors (Lipinski definition) is 0. The van der Waals surface area contributed by atoms with Crippen LogP contribution in [0, 0.1) is 6.92 Å². The van der Waals surface area contributed by atoms with Gasteiger partial charge in [0.1, 0.15) is 0 Å². The van der Waals surface area contributed by atoms with Crippen molar-refractivity contribution >= 4 is 10.8 Å². The molecule has 1 aromatic heterocycles. The number of fused-ring (bicyclic) bond motifs is 1. The second kappa shape index (κ2) is 6.68. The molecule has 0 atom stereocenters. The van der Waals surface area contributed by atoms with Gasteiger partial charge in [0.25, 0.3) is 5.56 Å². The number of alkyl halides is 3. The summed E-state index contributed by atoms with van der Waals surface area (Å²) in [4.78, 5) is 13.3. The van der Waals surface area contributed by atoms with Gasteiger partial charge >= 0.3 is 6.18 Å². The molecule has 0 aliphatic rings. The zero-order chi connectivity index (χ0) is 19.9. The largest absolute Gasteiger partial charge is 0.416 e. The Morgan fingerprint density at radius 2 is 1.32 bits per heavy atom. The fourth-order valence-corrected chi connectivity index (χ4v) is 3.50. The molecule has 3 aromatic carbocycles. The van der Waals surface area contributed by atoms with Gasteiger partial charge in [-0.3, -0.25) is 9.36 Å². The van der Waals surface area contributed by atoms with Crippen molar-refractivity contribution in [3.63, 3.8) is 0 Å². The maximum Gasteiger partial charge on any atom is 0.416 e. The maximum absolute atomic E-state index is 13.3. The first kappa shape index (κ1) is 18.0. The van der Waals surface area contributed by atoms with E-state index in [9.17, 15) is 18.0 Å². The van der Waals surface area contributed by atoms with Crippen LogP contribution in [0.5, 0.6) is 0 Å². The molecule has 0 radical (unpaired) electrons. The number of aryl methyl sites for hydroxylation is 1. The number of benzene rings is 3. The third-order valence-corrected chi connectivity index (χ3v) is 4.84. The van der Waals surface area contributed by atoms with E-state index >= 15 is 0 Å². The first-order chi connectivity index (χ1) is 13.4. The van der Waals surface area contributed by atoms with Gasteiger partial charge in [-0.1, -0.05) is 48.5 Å². The predicted molar refractivity (Wildman–Crippen MR) is 105 cm³/mol. The van der Waals surface area contributed by atoms with Gasteiger partial charge in [-0.15, -0.1) is 0 Å². The molecule has 0 amide bonds. The van der Waals surface area contributed by atoms with Crippen LogP contribution in [0.2, 0.25) is 0 Å². The monoisotopic (exact) mass is 379 g/mol. The van der Waals surface area contributed by atoms with Crippen molar-refractivity contribution in [1.82, 2.24) is 4.57 Å². The second-order valence-corrected chi connectivity index (χ2v) is 6.57. The van der Waals surface area contributed by atoms with Crippen molar-refractivity contribution in [2.24, 2.45) is 0 Å². The molecule has 28 heavy (non-hydrogen) atoms. The second-order valence-electron chi connectivity index (χ2n) is 6.57. The van der Waals surface area contributed by atoms with Gasteiger partial charge in [0.2, 0.25) is 0 Å². The summed E-state index contributed by atoms with van der Waals surface area (Å²) in [6.45, 7) is 1.92. The highest BCUT2D eigenvalue weighted by molar-refractivity contribution is 5.90. The Bertz CT molecular complexity index is 1210. The van der Waals surface area contributed by atoms with E-state index in [0.29, 0.717) is 16.8 Å². The molecular weight excluding hydrogens is 363 g/mol. The van der Waals surface area contributed by atoms with Crippen LogP contribution in [0.15, 0.2) is 83.7 Å². The molecule has 0 bridgehead atoms.